The van der Waals surface area contributed by atoms with Gasteiger partial charge in [0, 0.05) is 0 Å². The third kappa shape index (κ3) is 12.5. The van der Waals surface area contributed by atoms with Crippen molar-refractivity contribution < 1.29 is 82.8 Å². The second kappa shape index (κ2) is 22.8. The average molecular weight is 1270 g/mol. The molecule has 0 aromatic heterocycles. The van der Waals surface area contributed by atoms with Crippen LogP contribution >= 0.6 is 40.9 Å². The van der Waals surface area contributed by atoms with Gasteiger partial charge >= 0.3 is 428 Å². The summed E-state index contributed by atoms with van der Waals surface area (Å²) in [5, 5.41) is 0. The van der Waals surface area contributed by atoms with E-state index in [1.165, 1.54) is 0 Å². The van der Waals surface area contributed by atoms with Gasteiger partial charge in [0.05, 0.1) is 0 Å². The van der Waals surface area contributed by atoms with Crippen LogP contribution in [0.2, 0.25) is 0 Å². The van der Waals surface area contributed by atoms with Gasteiger partial charge in [-0.2, -0.15) is 0 Å². The standard InChI is InChI=1S/C60H60Cl3IO12S2/c1-37-29-41(5)57(42(6)30-37)77(75-62(68,69)70,58-43(7)31-38(2)32-44(58)8)55-25-17-51(18-26-55)49-13-21-53(22-14-49)64(74-61(65,66)67)54-23-15-50(16-24-54)52-19-27-56(28-20-52)78(76-63(71,72)73,59-45(9)33-39(3)34-46(59)10)60-47(11)35-40(4)36-48(60)12/h13-36H,1-12H3. The molecule has 0 radical (unpaired) electrons. The Morgan fingerprint density at radius 2 is 0.500 bits per heavy atom. The molecule has 0 heterocycles. The van der Waals surface area contributed by atoms with E-state index in [-0.39, 0.29) is 0 Å². The van der Waals surface area contributed by atoms with E-state index < -0.39 is 71.6 Å². The Morgan fingerprint density at radius 3 is 0.692 bits per heavy atom. The number of rotatable bonds is 16. The molecule has 0 amide bonds. The van der Waals surface area contributed by atoms with Crippen LogP contribution in [0.15, 0.2) is 175 Å². The molecule has 0 aliphatic heterocycles. The molecule has 0 N–H and O–H groups in total. The molecule has 0 fully saturated rings. The second-order valence-electron chi connectivity index (χ2n) is 19.7. The van der Waals surface area contributed by atoms with Crippen LogP contribution in [0.1, 0.15) is 66.8 Å². The van der Waals surface area contributed by atoms with Gasteiger partial charge in [-0.25, -0.2) is 0 Å². The minimum absolute atomic E-state index is 0.484. The summed E-state index contributed by atoms with van der Waals surface area (Å²) in [6.07, 6.45) is 0. The van der Waals surface area contributed by atoms with E-state index in [4.69, 9.17) is 10.1 Å². The molecule has 0 atom stereocenters. The van der Waals surface area contributed by atoms with Gasteiger partial charge in [0.15, 0.2) is 0 Å². The van der Waals surface area contributed by atoms with E-state index >= 15 is 0 Å². The van der Waals surface area contributed by atoms with Crippen LogP contribution in [0.4, 0.5) is 0 Å². The molecular formula is C60H60Cl3IO12S2. The summed E-state index contributed by atoms with van der Waals surface area (Å²) in [5.41, 5.74) is 12.9. The molecule has 18 heteroatoms. The second-order valence-corrected chi connectivity index (χ2v) is 32.8. The van der Waals surface area contributed by atoms with E-state index in [1.54, 1.807) is 72.8 Å². The van der Waals surface area contributed by atoms with Crippen molar-refractivity contribution in [2.75, 3.05) is 0 Å². The molecule has 8 aromatic carbocycles. The zero-order valence-corrected chi connectivity index (χ0v) is 51.1. The summed E-state index contributed by atoms with van der Waals surface area (Å²) >= 11 is -3.45. The summed E-state index contributed by atoms with van der Waals surface area (Å²) in [5.74, 6) is 0. The fraction of sp³-hybridized carbons (Fsp3) is 0.200. The van der Waals surface area contributed by atoms with Crippen molar-refractivity contribution >= 4 is 40.9 Å². The number of hydrogen-bond donors (Lipinski definition) is 0. The van der Waals surface area contributed by atoms with Gasteiger partial charge in [-0.05, 0) is 27.7 Å². The SMILES string of the molecule is Cc1cc(C)c(S(O[Cl+3]([O-])([O-])[O-])(c2ccc(-c3ccc(I(O[Cl+3]([O-])([O-])[O-])c4ccc(-c5ccc(S(O[Cl+3]([O-])([O-])[O-])(c6c(C)cc(C)cc6C)c6c(C)cc(C)cc6C)cc5)cc4)cc3)cc2)c2c(C)cc(C)cc2C)c(C)c1. The quantitative estimate of drug-likeness (QED) is 0.0866. The van der Waals surface area contributed by atoms with Gasteiger partial charge in [0.25, 0.3) is 0 Å². The summed E-state index contributed by atoms with van der Waals surface area (Å²) in [6, 6.07) is 43.9. The van der Waals surface area contributed by atoms with Crippen LogP contribution in [-0.2, 0) is 10.1 Å². The van der Waals surface area contributed by atoms with Crippen LogP contribution in [0.5, 0.6) is 0 Å². The monoisotopic (exact) mass is 1270 g/mol. The fourth-order valence-electron chi connectivity index (χ4n) is 11.0. The first-order valence-electron chi connectivity index (χ1n) is 24.3. The maximum absolute atomic E-state index is 12.9. The molecule has 0 saturated heterocycles. The van der Waals surface area contributed by atoms with Crippen molar-refractivity contribution in [1.29, 1.82) is 0 Å². The van der Waals surface area contributed by atoms with E-state index in [0.717, 1.165) is 77.9 Å². The molecule has 0 saturated carbocycles. The molecule has 0 spiro atoms. The summed E-state index contributed by atoms with van der Waals surface area (Å²) in [7, 11) is -21.2. The zero-order chi connectivity index (χ0) is 57.0. The molecule has 78 heavy (non-hydrogen) atoms. The molecule has 0 unspecified atom stereocenters. The molecule has 0 bridgehead atoms. The van der Waals surface area contributed by atoms with Crippen molar-refractivity contribution in [2.45, 2.75) is 112 Å². The molecule has 0 aliphatic rings. The third-order valence-corrected chi connectivity index (χ3v) is 28.8. The molecule has 0 aliphatic carbocycles. The van der Waals surface area contributed by atoms with Gasteiger partial charge in [0.1, 0.15) is 0 Å². The normalized spacial score (nSPS) is 13.2. The Morgan fingerprint density at radius 1 is 0.295 bits per heavy atom. The van der Waals surface area contributed by atoms with Crippen molar-refractivity contribution in [3.8, 4) is 22.3 Å². The Bertz CT molecular complexity index is 3090. The average Bonchev–Trinajstić information content (AvgIpc) is 3.52. The summed E-state index contributed by atoms with van der Waals surface area (Å²) in [4.78, 5) is 3.41. The first kappa shape index (κ1) is 59.7. The molecule has 412 valence electrons. The van der Waals surface area contributed by atoms with Crippen molar-refractivity contribution in [3.63, 3.8) is 0 Å². The summed E-state index contributed by atoms with van der Waals surface area (Å²) < 4.78 is 133. The Kier molecular flexibility index (Phi) is 17.5. The first-order valence-corrected chi connectivity index (χ1v) is 34.2. The molecule has 12 nitrogen and oxygen atoms in total. The van der Waals surface area contributed by atoms with Crippen molar-refractivity contribution in [3.05, 3.63) is 219 Å². The van der Waals surface area contributed by atoms with Gasteiger partial charge in [-0.3, -0.25) is 0 Å². The number of aryl methyl sites for hydroxylation is 12. The van der Waals surface area contributed by atoms with Crippen molar-refractivity contribution in [1.82, 2.24) is 0 Å². The van der Waals surface area contributed by atoms with Crippen LogP contribution in [-0.4, -0.2) is 0 Å². The van der Waals surface area contributed by atoms with Crippen LogP contribution in [0.3, 0.4) is 0 Å². The van der Waals surface area contributed by atoms with E-state index in [2.05, 4.69) is 0 Å². The Hall–Kier alpha value is -4.42. The predicted molar refractivity (Wildman–Crippen MR) is 286 cm³/mol. The van der Waals surface area contributed by atoms with Gasteiger partial charge in [0.2, 0.25) is 0 Å². The summed E-state index contributed by atoms with van der Waals surface area (Å²) in [6.45, 7) is 22.9. The zero-order valence-electron chi connectivity index (χ0n) is 45.1. The third-order valence-electron chi connectivity index (χ3n) is 13.2. The van der Waals surface area contributed by atoms with Crippen molar-refractivity contribution in [2.24, 2.45) is 0 Å². The van der Waals surface area contributed by atoms with Gasteiger partial charge < -0.3 is 0 Å². The number of halogens is 4. The molecular weight excluding hydrogens is 1210 g/mol. The predicted octanol–water partition coefficient (Wildman–Crippen LogP) is 7.32. The maximum atomic E-state index is 12.9. The minimum atomic E-state index is -4.95. The number of benzene rings is 8. The Labute approximate surface area is 474 Å². The van der Waals surface area contributed by atoms with E-state index in [0.29, 0.717) is 47.6 Å². The first-order chi connectivity index (χ1) is 36.4. The van der Waals surface area contributed by atoms with Crippen LogP contribution in [0, 0.1) is 121 Å². The molecule has 8 aromatic rings. The van der Waals surface area contributed by atoms with Gasteiger partial charge in [-0.1, -0.05) is 22.3 Å². The Balaban J connectivity index is 1.15. The fourth-order valence-corrected chi connectivity index (χ4v) is 26.4. The van der Waals surface area contributed by atoms with E-state index in [1.807, 2.05) is 156 Å². The number of hydrogen-bond acceptors (Lipinski definition) is 12. The van der Waals surface area contributed by atoms with E-state index in [9.17, 15) is 41.9 Å². The topological polar surface area (TPSA) is 235 Å². The van der Waals surface area contributed by atoms with Crippen LogP contribution < -0.4 is 41.9 Å². The van der Waals surface area contributed by atoms with Gasteiger partial charge in [-0.15, -0.1) is 0 Å². The van der Waals surface area contributed by atoms with Crippen LogP contribution in [0.25, 0.3) is 22.3 Å². The molecule has 8 rings (SSSR count).